The molecule has 0 aliphatic heterocycles. The first-order valence-electron chi connectivity index (χ1n) is 19.6. The van der Waals surface area contributed by atoms with Crippen LogP contribution in [-0.2, 0) is 56.9 Å². The monoisotopic (exact) mass is 754 g/mol. The van der Waals surface area contributed by atoms with E-state index in [-0.39, 0.29) is 18.7 Å². The van der Waals surface area contributed by atoms with Gasteiger partial charge in [0.2, 0.25) is 0 Å². The Morgan fingerprint density at radius 3 is 1.10 bits per heavy atom. The average Bonchev–Trinajstić information content (AvgIpc) is 3.10. The molecule has 0 aliphatic rings. The topological polar surface area (TPSA) is 139 Å². The summed E-state index contributed by atoms with van der Waals surface area (Å²) in [6.45, 7) is 16.9. The van der Waals surface area contributed by atoms with Gasteiger partial charge in [-0.2, -0.15) is 0 Å². The number of likely N-dealkylation sites (N-methyl/N-ethyl adjacent to an activating group) is 1. The van der Waals surface area contributed by atoms with Crippen molar-refractivity contribution in [3.05, 3.63) is 0 Å². The molecule has 0 atom stereocenters. The lowest BCUT2D eigenvalue weighted by molar-refractivity contribution is -0.145. The van der Waals surface area contributed by atoms with E-state index in [1.54, 1.807) is 7.05 Å². The van der Waals surface area contributed by atoms with Crippen LogP contribution in [0.25, 0.3) is 0 Å². The number of carbonyl (C=O) groups is 2. The van der Waals surface area contributed by atoms with Crippen molar-refractivity contribution >= 4 is 12.1 Å². The fraction of sp³-hybridized carbons (Fsp3) is 0.947. The molecule has 0 fully saturated rings. The Morgan fingerprint density at radius 2 is 0.750 bits per heavy atom. The number of nitrogens with zero attached hydrogens (tertiary/aromatic N) is 1. The number of esters is 1. The van der Waals surface area contributed by atoms with Gasteiger partial charge in [0.15, 0.2) is 0 Å². The quantitative estimate of drug-likeness (QED) is 0.0578. The third-order valence-corrected chi connectivity index (χ3v) is 7.23. The molecule has 0 radical (unpaired) electrons. The number of hydrogen-bond acceptors (Lipinski definition) is 13. The number of rotatable bonds is 40. The Hall–Kier alpha value is -1.62. The molecule has 0 spiro atoms. The molecule has 0 aromatic heterocycles. The summed E-state index contributed by atoms with van der Waals surface area (Å²) in [5, 5.41) is 0. The molecule has 52 heavy (non-hydrogen) atoms. The number of unbranched alkanes of at least 4 members (excludes halogenated alkanes) is 8. The maximum atomic E-state index is 11.9. The highest BCUT2D eigenvalue weighted by Gasteiger charge is 2.19. The molecule has 0 heterocycles. The summed E-state index contributed by atoms with van der Waals surface area (Å²) in [6.07, 6.45) is 11.2. The minimum Gasteiger partial charge on any atom is -0.463 e. The Balaban J connectivity index is 3.19. The molecule has 0 saturated carbocycles. The van der Waals surface area contributed by atoms with Crippen LogP contribution in [-0.4, -0.2) is 162 Å². The van der Waals surface area contributed by atoms with Gasteiger partial charge in [0.1, 0.15) is 12.2 Å². The Morgan fingerprint density at radius 1 is 0.442 bits per heavy atom. The van der Waals surface area contributed by atoms with Crippen LogP contribution in [0.15, 0.2) is 0 Å². The van der Waals surface area contributed by atoms with E-state index in [4.69, 9.17) is 52.1 Å². The summed E-state index contributed by atoms with van der Waals surface area (Å²) in [5.74, 6) is -0.140. The summed E-state index contributed by atoms with van der Waals surface area (Å²) in [5.41, 5.74) is -0.512. The van der Waals surface area contributed by atoms with E-state index in [9.17, 15) is 9.59 Å². The molecular weight excluding hydrogens is 678 g/mol. The van der Waals surface area contributed by atoms with Crippen molar-refractivity contribution in [1.82, 2.24) is 4.90 Å². The molecule has 0 aromatic rings. The first-order chi connectivity index (χ1) is 25.3. The minimum atomic E-state index is -0.512. The van der Waals surface area contributed by atoms with E-state index in [0.717, 1.165) is 12.8 Å². The average molecular weight is 754 g/mol. The van der Waals surface area contributed by atoms with Gasteiger partial charge in [0.05, 0.1) is 119 Å². The molecular formula is C38H75NO13. The third-order valence-electron chi connectivity index (χ3n) is 7.23. The fourth-order valence-corrected chi connectivity index (χ4v) is 4.36. The molecule has 0 saturated heterocycles. The van der Waals surface area contributed by atoms with Crippen LogP contribution < -0.4 is 0 Å². The number of hydrogen-bond donors (Lipinski definition) is 0. The number of amides is 1. The predicted octanol–water partition coefficient (Wildman–Crippen LogP) is 5.47. The summed E-state index contributed by atoms with van der Waals surface area (Å²) < 4.78 is 59.8. The zero-order valence-electron chi connectivity index (χ0n) is 33.5. The maximum Gasteiger partial charge on any atom is 0.410 e. The number of carbonyl (C=O) groups excluding carboxylic acids is 2. The van der Waals surface area contributed by atoms with Gasteiger partial charge in [0.25, 0.3) is 0 Å². The van der Waals surface area contributed by atoms with Gasteiger partial charge in [-0.15, -0.1) is 0 Å². The zero-order valence-corrected chi connectivity index (χ0v) is 33.5. The van der Waals surface area contributed by atoms with Gasteiger partial charge in [-0.1, -0.05) is 58.3 Å². The van der Waals surface area contributed by atoms with E-state index >= 15 is 0 Å². The molecule has 310 valence electrons. The van der Waals surface area contributed by atoms with Gasteiger partial charge >= 0.3 is 12.1 Å². The summed E-state index contributed by atoms with van der Waals surface area (Å²) in [6, 6.07) is 0. The van der Waals surface area contributed by atoms with Crippen molar-refractivity contribution in [2.75, 3.05) is 139 Å². The normalized spacial score (nSPS) is 11.6. The van der Waals surface area contributed by atoms with E-state index in [1.165, 1.54) is 49.8 Å². The second kappa shape index (κ2) is 39.1. The van der Waals surface area contributed by atoms with E-state index < -0.39 is 5.60 Å². The van der Waals surface area contributed by atoms with E-state index in [1.807, 2.05) is 20.8 Å². The second-order valence-electron chi connectivity index (χ2n) is 13.2. The first kappa shape index (κ1) is 50.4. The van der Waals surface area contributed by atoms with Gasteiger partial charge in [-0.3, -0.25) is 4.79 Å². The van der Waals surface area contributed by atoms with Crippen LogP contribution in [0.1, 0.15) is 91.9 Å². The van der Waals surface area contributed by atoms with Crippen LogP contribution in [0.2, 0.25) is 0 Å². The second-order valence-corrected chi connectivity index (χ2v) is 13.2. The fourth-order valence-electron chi connectivity index (χ4n) is 4.36. The van der Waals surface area contributed by atoms with Crippen LogP contribution >= 0.6 is 0 Å². The lowest BCUT2D eigenvalue weighted by Crippen LogP contribution is -2.36. The molecule has 0 aliphatic carbocycles. The Bertz CT molecular complexity index is 770. The highest BCUT2D eigenvalue weighted by atomic mass is 16.6. The minimum absolute atomic E-state index is 0.140. The Kier molecular flexibility index (Phi) is 37.9. The predicted molar refractivity (Wildman–Crippen MR) is 199 cm³/mol. The highest BCUT2D eigenvalue weighted by molar-refractivity contribution is 5.69. The number of ether oxygens (including phenoxy) is 11. The van der Waals surface area contributed by atoms with Crippen molar-refractivity contribution in [2.24, 2.45) is 0 Å². The molecule has 0 rings (SSSR count). The van der Waals surface area contributed by atoms with Gasteiger partial charge < -0.3 is 57.0 Å². The molecule has 0 unspecified atom stereocenters. The van der Waals surface area contributed by atoms with Crippen LogP contribution in [0, 0.1) is 0 Å². The SMILES string of the molecule is CCCCCCCCCCCC(=O)OCCOCCOCCOCCOCCOCCOCCOCCOCCOCCN(C)C(=O)OC(C)(C)C. The van der Waals surface area contributed by atoms with Crippen molar-refractivity contribution in [2.45, 2.75) is 97.5 Å². The summed E-state index contributed by atoms with van der Waals surface area (Å²) in [4.78, 5) is 25.1. The molecule has 14 nitrogen and oxygen atoms in total. The lowest BCUT2D eigenvalue weighted by Gasteiger charge is -2.24. The molecule has 0 N–H and O–H groups in total. The zero-order chi connectivity index (χ0) is 38.2. The van der Waals surface area contributed by atoms with Crippen LogP contribution in [0.4, 0.5) is 4.79 Å². The maximum absolute atomic E-state index is 11.9. The van der Waals surface area contributed by atoms with Crippen LogP contribution in [0.5, 0.6) is 0 Å². The largest absolute Gasteiger partial charge is 0.463 e. The first-order valence-corrected chi connectivity index (χ1v) is 19.6. The van der Waals surface area contributed by atoms with Gasteiger partial charge in [-0.05, 0) is 27.2 Å². The van der Waals surface area contributed by atoms with Gasteiger partial charge in [0, 0.05) is 20.0 Å². The summed E-state index contributed by atoms with van der Waals surface area (Å²) in [7, 11) is 1.68. The van der Waals surface area contributed by atoms with Crippen molar-refractivity contribution in [3.8, 4) is 0 Å². The van der Waals surface area contributed by atoms with Gasteiger partial charge in [-0.25, -0.2) is 4.79 Å². The highest BCUT2D eigenvalue weighted by Crippen LogP contribution is 2.11. The standard InChI is InChI=1S/C38H75NO13/c1-6-7-8-9-10-11-12-13-14-15-36(40)51-35-34-50-33-32-49-31-30-48-29-28-47-27-26-46-25-24-45-23-22-44-21-20-43-19-18-42-17-16-39(5)37(41)52-38(2,3)4/h6-35H2,1-5H3. The molecule has 0 bridgehead atoms. The van der Waals surface area contributed by atoms with Crippen LogP contribution in [0.3, 0.4) is 0 Å². The molecule has 0 aromatic carbocycles. The van der Waals surface area contributed by atoms with Crippen molar-refractivity contribution in [3.63, 3.8) is 0 Å². The Labute approximate surface area is 315 Å². The van der Waals surface area contributed by atoms with E-state index in [0.29, 0.717) is 132 Å². The third kappa shape index (κ3) is 41.1. The smallest absolute Gasteiger partial charge is 0.410 e. The van der Waals surface area contributed by atoms with Crippen molar-refractivity contribution < 1.29 is 61.7 Å². The lowest BCUT2D eigenvalue weighted by atomic mass is 10.1. The summed E-state index contributed by atoms with van der Waals surface area (Å²) >= 11 is 0. The molecule has 14 heteroatoms. The molecule has 1 amide bonds. The van der Waals surface area contributed by atoms with E-state index in [2.05, 4.69) is 6.92 Å². The van der Waals surface area contributed by atoms with Crippen molar-refractivity contribution in [1.29, 1.82) is 0 Å².